The van der Waals surface area contributed by atoms with Crippen molar-refractivity contribution in [3.05, 3.63) is 83.2 Å². The summed E-state index contributed by atoms with van der Waals surface area (Å²) < 4.78 is 1.69. The van der Waals surface area contributed by atoms with Crippen molar-refractivity contribution >= 4 is 5.91 Å². The highest BCUT2D eigenvalue weighted by molar-refractivity contribution is 5.93. The lowest BCUT2D eigenvalue weighted by atomic mass is 10.1. The Hall–Kier alpha value is -3.81. The van der Waals surface area contributed by atoms with Crippen molar-refractivity contribution in [1.82, 2.24) is 34.7 Å². The van der Waals surface area contributed by atoms with Gasteiger partial charge in [-0.2, -0.15) is 15.0 Å². The van der Waals surface area contributed by atoms with Gasteiger partial charge in [0.15, 0.2) is 5.69 Å². The molecule has 0 spiro atoms. The molecule has 1 amide bonds. The van der Waals surface area contributed by atoms with E-state index in [4.69, 9.17) is 0 Å². The monoisotopic (exact) mass is 415 g/mol. The van der Waals surface area contributed by atoms with Crippen molar-refractivity contribution < 1.29 is 4.79 Å². The maximum Gasteiger partial charge on any atom is 0.276 e. The predicted octanol–water partition coefficient (Wildman–Crippen LogP) is 3.61. The van der Waals surface area contributed by atoms with Crippen LogP contribution in [0.1, 0.15) is 45.8 Å². The van der Waals surface area contributed by atoms with Gasteiger partial charge in [0.25, 0.3) is 5.91 Å². The summed E-state index contributed by atoms with van der Waals surface area (Å²) in [6.45, 7) is 7.86. The molecule has 0 N–H and O–H groups in total. The average molecular weight is 416 g/mol. The highest BCUT2D eigenvalue weighted by Gasteiger charge is 2.24. The second kappa shape index (κ2) is 8.14. The van der Waals surface area contributed by atoms with Crippen LogP contribution < -0.4 is 0 Å². The number of amides is 1. The van der Waals surface area contributed by atoms with Gasteiger partial charge in [-0.15, -0.1) is 5.10 Å². The van der Waals surface area contributed by atoms with Crippen LogP contribution in [0.4, 0.5) is 0 Å². The number of hydrogen-bond donors (Lipinski definition) is 0. The van der Waals surface area contributed by atoms with E-state index in [1.54, 1.807) is 27.8 Å². The van der Waals surface area contributed by atoms with Crippen LogP contribution in [-0.4, -0.2) is 47.6 Å². The first kappa shape index (κ1) is 20.5. The van der Waals surface area contributed by atoms with Gasteiger partial charge >= 0.3 is 0 Å². The zero-order valence-corrected chi connectivity index (χ0v) is 18.3. The van der Waals surface area contributed by atoms with E-state index in [0.29, 0.717) is 11.4 Å². The minimum Gasteiger partial charge on any atom is -0.333 e. The lowest BCUT2D eigenvalue weighted by Gasteiger charge is -2.25. The molecule has 8 nitrogen and oxygen atoms in total. The normalized spacial score (nSPS) is 12.0. The Balaban J connectivity index is 1.55. The Kier molecular flexibility index (Phi) is 5.37. The fourth-order valence-corrected chi connectivity index (χ4v) is 3.53. The third kappa shape index (κ3) is 3.96. The van der Waals surface area contributed by atoms with Crippen LogP contribution >= 0.6 is 0 Å². The molecule has 0 radical (unpaired) electrons. The highest BCUT2D eigenvalue weighted by atomic mass is 16.2. The van der Waals surface area contributed by atoms with E-state index in [9.17, 15) is 4.79 Å². The van der Waals surface area contributed by atoms with Crippen LogP contribution in [0.25, 0.3) is 11.4 Å². The minimum absolute atomic E-state index is 0.136. The van der Waals surface area contributed by atoms with Gasteiger partial charge in [0.05, 0.1) is 23.1 Å². The second-order valence-corrected chi connectivity index (χ2v) is 7.74. The molecule has 4 rings (SSSR count). The van der Waals surface area contributed by atoms with E-state index < -0.39 is 0 Å². The van der Waals surface area contributed by atoms with Crippen LogP contribution in [-0.2, 0) is 0 Å². The number of nitrogens with zero attached hydrogens (tertiary/aromatic N) is 7. The average Bonchev–Trinajstić information content (AvgIpc) is 3.42. The summed E-state index contributed by atoms with van der Waals surface area (Å²) in [5, 5.41) is 13.1. The Morgan fingerprint density at radius 3 is 2.42 bits per heavy atom. The van der Waals surface area contributed by atoms with E-state index in [1.165, 1.54) is 11.9 Å². The van der Waals surface area contributed by atoms with Crippen molar-refractivity contribution in [1.29, 1.82) is 0 Å². The first-order valence-corrected chi connectivity index (χ1v) is 10.1. The SMILES string of the molecule is Cc1ccc(-n2nc(C)c(C(=O)N(C)C(C)c3ccc(-n4cncn4)cc3)n2)c(C)c1. The van der Waals surface area contributed by atoms with Gasteiger partial charge in [0.1, 0.15) is 12.7 Å². The third-order valence-corrected chi connectivity index (χ3v) is 5.51. The zero-order chi connectivity index (χ0) is 22.1. The summed E-state index contributed by atoms with van der Waals surface area (Å²) in [5.74, 6) is -0.165. The topological polar surface area (TPSA) is 81.7 Å². The van der Waals surface area contributed by atoms with E-state index in [1.807, 2.05) is 64.1 Å². The number of carbonyl (C=O) groups excluding carboxylic acids is 1. The van der Waals surface area contributed by atoms with Crippen LogP contribution in [0.15, 0.2) is 55.1 Å². The first-order valence-electron chi connectivity index (χ1n) is 10.1. The second-order valence-electron chi connectivity index (χ2n) is 7.74. The van der Waals surface area contributed by atoms with E-state index in [2.05, 4.69) is 26.3 Å². The summed E-state index contributed by atoms with van der Waals surface area (Å²) in [5.41, 5.74) is 5.98. The lowest BCUT2D eigenvalue weighted by Crippen LogP contribution is -2.30. The molecule has 0 aliphatic rings. The number of rotatable bonds is 5. The fourth-order valence-electron chi connectivity index (χ4n) is 3.53. The van der Waals surface area contributed by atoms with Crippen LogP contribution in [0.5, 0.6) is 0 Å². The van der Waals surface area contributed by atoms with Gasteiger partial charge < -0.3 is 4.90 Å². The third-order valence-electron chi connectivity index (χ3n) is 5.51. The molecule has 4 aromatic rings. The summed E-state index contributed by atoms with van der Waals surface area (Å²) in [6, 6.07) is 13.8. The summed E-state index contributed by atoms with van der Waals surface area (Å²) in [6.07, 6.45) is 3.15. The highest BCUT2D eigenvalue weighted by Crippen LogP contribution is 2.23. The van der Waals surface area contributed by atoms with Gasteiger partial charge in [-0.25, -0.2) is 9.67 Å². The van der Waals surface area contributed by atoms with E-state index in [-0.39, 0.29) is 11.9 Å². The van der Waals surface area contributed by atoms with Crippen molar-refractivity contribution in [2.24, 2.45) is 0 Å². The number of benzene rings is 2. The van der Waals surface area contributed by atoms with Gasteiger partial charge in [-0.1, -0.05) is 29.8 Å². The van der Waals surface area contributed by atoms with Crippen LogP contribution in [0.2, 0.25) is 0 Å². The fraction of sp³-hybridized carbons (Fsp3) is 0.261. The maximum atomic E-state index is 13.2. The Labute approximate surface area is 181 Å². The van der Waals surface area contributed by atoms with Crippen molar-refractivity contribution in [3.8, 4) is 11.4 Å². The molecule has 0 aliphatic heterocycles. The molecule has 0 fully saturated rings. The molecule has 158 valence electrons. The predicted molar refractivity (Wildman–Crippen MR) is 117 cm³/mol. The number of hydrogen-bond acceptors (Lipinski definition) is 5. The van der Waals surface area contributed by atoms with E-state index in [0.717, 1.165) is 22.5 Å². The Morgan fingerprint density at radius 1 is 1.03 bits per heavy atom. The van der Waals surface area contributed by atoms with Gasteiger partial charge in [-0.3, -0.25) is 4.79 Å². The number of aromatic nitrogens is 6. The lowest BCUT2D eigenvalue weighted by molar-refractivity contribution is 0.0735. The Morgan fingerprint density at radius 2 is 1.77 bits per heavy atom. The minimum atomic E-state index is -0.165. The molecule has 1 unspecified atom stereocenters. The molecule has 1 atom stereocenters. The standard InChI is InChI=1S/C23H25N7O/c1-15-6-11-21(16(2)12-15)30-26-17(3)22(27-30)23(31)28(5)18(4)19-7-9-20(10-8-19)29-14-24-13-25-29/h6-14,18H,1-5H3. The van der Waals surface area contributed by atoms with Crippen molar-refractivity contribution in [3.63, 3.8) is 0 Å². The largest absolute Gasteiger partial charge is 0.333 e. The molecular formula is C23H25N7O. The number of aryl methyl sites for hydroxylation is 3. The molecule has 0 aliphatic carbocycles. The molecule has 0 saturated carbocycles. The Bertz CT molecular complexity index is 1210. The van der Waals surface area contributed by atoms with Crippen molar-refractivity contribution in [2.45, 2.75) is 33.7 Å². The van der Waals surface area contributed by atoms with Gasteiger partial charge in [-0.05, 0) is 57.0 Å². The smallest absolute Gasteiger partial charge is 0.276 e. The number of carbonyl (C=O) groups is 1. The molecule has 8 heteroatoms. The molecular weight excluding hydrogens is 390 g/mol. The first-order chi connectivity index (χ1) is 14.8. The molecule has 2 aromatic heterocycles. The zero-order valence-electron chi connectivity index (χ0n) is 18.3. The molecule has 0 bridgehead atoms. The van der Waals surface area contributed by atoms with E-state index >= 15 is 0 Å². The van der Waals surface area contributed by atoms with Gasteiger partial charge in [0.2, 0.25) is 0 Å². The molecule has 2 heterocycles. The molecule has 2 aromatic carbocycles. The molecule has 31 heavy (non-hydrogen) atoms. The quantitative estimate of drug-likeness (QED) is 0.497. The summed E-state index contributed by atoms with van der Waals surface area (Å²) in [4.78, 5) is 20.4. The van der Waals surface area contributed by atoms with Gasteiger partial charge in [0, 0.05) is 7.05 Å². The molecule has 0 saturated heterocycles. The van der Waals surface area contributed by atoms with Crippen LogP contribution in [0.3, 0.4) is 0 Å². The van der Waals surface area contributed by atoms with Crippen molar-refractivity contribution in [2.75, 3.05) is 7.05 Å². The van der Waals surface area contributed by atoms with Crippen LogP contribution in [0, 0.1) is 20.8 Å². The summed E-state index contributed by atoms with van der Waals surface area (Å²) >= 11 is 0. The maximum absolute atomic E-state index is 13.2. The summed E-state index contributed by atoms with van der Waals surface area (Å²) in [7, 11) is 1.79.